The van der Waals surface area contributed by atoms with Crippen molar-refractivity contribution in [3.8, 4) is 0 Å². The van der Waals surface area contributed by atoms with E-state index >= 15 is 0 Å². The molecule has 0 aromatic rings. The molecule has 1 aliphatic heterocycles. The van der Waals surface area contributed by atoms with E-state index in [1.54, 1.807) is 0 Å². The summed E-state index contributed by atoms with van der Waals surface area (Å²) in [5.74, 6) is 2.37. The lowest BCUT2D eigenvalue weighted by Crippen LogP contribution is -2.46. The van der Waals surface area contributed by atoms with Crippen molar-refractivity contribution in [2.45, 2.75) is 72.3 Å². The van der Waals surface area contributed by atoms with E-state index in [9.17, 15) is 4.79 Å². The third-order valence-corrected chi connectivity index (χ3v) is 5.77. The van der Waals surface area contributed by atoms with Gasteiger partial charge in [-0.15, -0.1) is 0 Å². The first-order chi connectivity index (χ1) is 13.5. The Kier molecular flexibility index (Phi) is 10.1. The van der Waals surface area contributed by atoms with E-state index in [0.717, 1.165) is 50.7 Å². The van der Waals surface area contributed by atoms with Crippen LogP contribution < -0.4 is 10.6 Å². The minimum atomic E-state index is -0.0234. The zero-order valence-corrected chi connectivity index (χ0v) is 18.5. The average Bonchev–Trinajstić information content (AvgIpc) is 2.67. The van der Waals surface area contributed by atoms with Crippen LogP contribution >= 0.6 is 0 Å². The standard InChI is InChI=1S/C22H42N4O2/c1-5-23-22(24-14-18-8-7-13-26(16-18)15-17(3)4)25-20-11-9-19(10-12-20)21(27)28-6-2/h17-20H,5-16H2,1-4H3,(H2,23,24,25). The summed E-state index contributed by atoms with van der Waals surface area (Å²) in [6.07, 6.45) is 6.38. The van der Waals surface area contributed by atoms with Gasteiger partial charge in [-0.3, -0.25) is 9.79 Å². The summed E-state index contributed by atoms with van der Waals surface area (Å²) in [6.45, 7) is 14.4. The topological polar surface area (TPSA) is 66.0 Å². The summed E-state index contributed by atoms with van der Waals surface area (Å²) < 4.78 is 5.18. The Morgan fingerprint density at radius 1 is 1.18 bits per heavy atom. The van der Waals surface area contributed by atoms with Crippen molar-refractivity contribution in [2.24, 2.45) is 22.7 Å². The number of nitrogens with zero attached hydrogens (tertiary/aromatic N) is 2. The summed E-state index contributed by atoms with van der Waals surface area (Å²) in [5, 5.41) is 7.01. The third-order valence-electron chi connectivity index (χ3n) is 5.77. The number of carbonyl (C=O) groups excluding carboxylic acids is 1. The molecule has 2 aliphatic rings. The molecule has 1 saturated carbocycles. The highest BCUT2D eigenvalue weighted by atomic mass is 16.5. The predicted molar refractivity (Wildman–Crippen MR) is 115 cm³/mol. The fourth-order valence-corrected chi connectivity index (χ4v) is 4.45. The number of likely N-dealkylation sites (tertiary alicyclic amines) is 1. The van der Waals surface area contributed by atoms with Crippen molar-refractivity contribution in [3.05, 3.63) is 0 Å². The van der Waals surface area contributed by atoms with Gasteiger partial charge in [0.1, 0.15) is 0 Å². The van der Waals surface area contributed by atoms with Crippen molar-refractivity contribution >= 4 is 11.9 Å². The highest BCUT2D eigenvalue weighted by Gasteiger charge is 2.27. The number of carbonyl (C=O) groups is 1. The second kappa shape index (κ2) is 12.3. The van der Waals surface area contributed by atoms with Gasteiger partial charge in [-0.2, -0.15) is 0 Å². The quantitative estimate of drug-likeness (QED) is 0.376. The molecule has 1 atom stereocenters. The molecule has 1 heterocycles. The summed E-state index contributed by atoms with van der Waals surface area (Å²) in [5.41, 5.74) is 0. The van der Waals surface area contributed by atoms with Gasteiger partial charge in [0, 0.05) is 32.2 Å². The van der Waals surface area contributed by atoms with Crippen molar-refractivity contribution in [2.75, 3.05) is 39.3 Å². The Morgan fingerprint density at radius 2 is 1.93 bits per heavy atom. The maximum absolute atomic E-state index is 11.9. The molecular formula is C22H42N4O2. The number of hydrogen-bond donors (Lipinski definition) is 2. The van der Waals surface area contributed by atoms with Crippen LogP contribution in [-0.2, 0) is 9.53 Å². The lowest BCUT2D eigenvalue weighted by molar-refractivity contribution is -0.149. The van der Waals surface area contributed by atoms with E-state index < -0.39 is 0 Å². The van der Waals surface area contributed by atoms with Crippen molar-refractivity contribution in [1.82, 2.24) is 15.5 Å². The molecule has 1 aliphatic carbocycles. The molecule has 162 valence electrons. The SMILES string of the molecule is CCNC(=NCC1CCCN(CC(C)C)C1)NC1CCC(C(=O)OCC)CC1. The molecule has 2 N–H and O–H groups in total. The van der Waals surface area contributed by atoms with Crippen LogP contribution in [0.25, 0.3) is 0 Å². The van der Waals surface area contributed by atoms with Crippen LogP contribution in [0.2, 0.25) is 0 Å². The largest absolute Gasteiger partial charge is 0.466 e. The number of aliphatic imine (C=N–C) groups is 1. The highest BCUT2D eigenvalue weighted by molar-refractivity contribution is 5.80. The molecule has 1 unspecified atom stereocenters. The fourth-order valence-electron chi connectivity index (χ4n) is 4.45. The van der Waals surface area contributed by atoms with E-state index in [1.165, 1.54) is 32.5 Å². The van der Waals surface area contributed by atoms with E-state index in [4.69, 9.17) is 9.73 Å². The van der Waals surface area contributed by atoms with Crippen LogP contribution in [-0.4, -0.2) is 62.2 Å². The van der Waals surface area contributed by atoms with Gasteiger partial charge < -0.3 is 20.3 Å². The number of piperidine rings is 1. The maximum atomic E-state index is 11.9. The molecule has 2 fully saturated rings. The molecule has 6 heteroatoms. The third kappa shape index (κ3) is 7.98. The molecule has 28 heavy (non-hydrogen) atoms. The average molecular weight is 395 g/mol. The first kappa shape index (κ1) is 23.0. The van der Waals surface area contributed by atoms with Crippen molar-refractivity contribution in [3.63, 3.8) is 0 Å². The molecule has 1 saturated heterocycles. The molecular weight excluding hydrogens is 352 g/mol. The van der Waals surface area contributed by atoms with Crippen molar-refractivity contribution < 1.29 is 9.53 Å². The monoisotopic (exact) mass is 394 g/mol. The van der Waals surface area contributed by atoms with Crippen LogP contribution in [0, 0.1) is 17.8 Å². The van der Waals surface area contributed by atoms with E-state index in [0.29, 0.717) is 18.6 Å². The Morgan fingerprint density at radius 3 is 2.57 bits per heavy atom. The second-order valence-corrected chi connectivity index (χ2v) is 8.83. The Labute approximate surface area is 171 Å². The zero-order chi connectivity index (χ0) is 20.4. The Bertz CT molecular complexity index is 487. The highest BCUT2D eigenvalue weighted by Crippen LogP contribution is 2.25. The first-order valence-electron chi connectivity index (χ1n) is 11.5. The summed E-state index contributed by atoms with van der Waals surface area (Å²) in [6, 6.07) is 0.396. The Hall–Kier alpha value is -1.30. The molecule has 0 amide bonds. The van der Waals surface area contributed by atoms with Gasteiger partial charge in [0.15, 0.2) is 5.96 Å². The summed E-state index contributed by atoms with van der Waals surface area (Å²) in [4.78, 5) is 19.4. The molecule has 0 bridgehead atoms. The number of ether oxygens (including phenoxy) is 1. The van der Waals surface area contributed by atoms with Crippen LogP contribution in [0.5, 0.6) is 0 Å². The van der Waals surface area contributed by atoms with E-state index in [2.05, 4.69) is 36.3 Å². The number of esters is 1. The van der Waals surface area contributed by atoms with E-state index in [1.807, 2.05) is 6.92 Å². The second-order valence-electron chi connectivity index (χ2n) is 8.83. The molecule has 0 radical (unpaired) electrons. The number of nitrogens with one attached hydrogen (secondary N) is 2. The minimum absolute atomic E-state index is 0.0234. The lowest BCUT2D eigenvalue weighted by atomic mass is 9.86. The van der Waals surface area contributed by atoms with Gasteiger partial charge in [-0.1, -0.05) is 13.8 Å². The van der Waals surface area contributed by atoms with Gasteiger partial charge >= 0.3 is 5.97 Å². The summed E-state index contributed by atoms with van der Waals surface area (Å²) >= 11 is 0. The summed E-state index contributed by atoms with van der Waals surface area (Å²) in [7, 11) is 0. The van der Waals surface area contributed by atoms with Gasteiger partial charge in [0.05, 0.1) is 12.5 Å². The number of guanidine groups is 1. The molecule has 0 spiro atoms. The van der Waals surface area contributed by atoms with Gasteiger partial charge in [0.2, 0.25) is 0 Å². The minimum Gasteiger partial charge on any atom is -0.466 e. The maximum Gasteiger partial charge on any atom is 0.308 e. The number of hydrogen-bond acceptors (Lipinski definition) is 4. The van der Waals surface area contributed by atoms with Crippen LogP contribution in [0.4, 0.5) is 0 Å². The Balaban J connectivity index is 1.80. The molecule has 0 aromatic heterocycles. The molecule has 6 nitrogen and oxygen atoms in total. The van der Waals surface area contributed by atoms with Crippen molar-refractivity contribution in [1.29, 1.82) is 0 Å². The lowest BCUT2D eigenvalue weighted by Gasteiger charge is -2.33. The fraction of sp³-hybridized carbons (Fsp3) is 0.909. The van der Waals surface area contributed by atoms with Gasteiger partial charge in [-0.25, -0.2) is 0 Å². The molecule has 0 aromatic carbocycles. The van der Waals surface area contributed by atoms with Gasteiger partial charge in [-0.05, 0) is 70.8 Å². The first-order valence-corrected chi connectivity index (χ1v) is 11.5. The number of rotatable bonds is 8. The normalized spacial score (nSPS) is 26.9. The van der Waals surface area contributed by atoms with Crippen LogP contribution in [0.3, 0.4) is 0 Å². The van der Waals surface area contributed by atoms with Crippen LogP contribution in [0.15, 0.2) is 4.99 Å². The van der Waals surface area contributed by atoms with E-state index in [-0.39, 0.29) is 11.9 Å². The van der Waals surface area contributed by atoms with Gasteiger partial charge in [0.25, 0.3) is 0 Å². The van der Waals surface area contributed by atoms with Crippen LogP contribution in [0.1, 0.15) is 66.2 Å². The smallest absolute Gasteiger partial charge is 0.308 e. The zero-order valence-electron chi connectivity index (χ0n) is 18.5. The molecule has 2 rings (SSSR count). The predicted octanol–water partition coefficient (Wildman–Crippen LogP) is 3.03.